The van der Waals surface area contributed by atoms with Crippen molar-refractivity contribution in [1.29, 1.82) is 0 Å². The SMILES string of the molecule is NCCCCCCN.S=C(S)NCCCCCCNC(=S)S. The van der Waals surface area contributed by atoms with Crippen LogP contribution in [0.15, 0.2) is 0 Å². The Bertz CT molecular complexity index is 239. The van der Waals surface area contributed by atoms with Crippen LogP contribution in [0.2, 0.25) is 0 Å². The van der Waals surface area contributed by atoms with Gasteiger partial charge in [0.2, 0.25) is 0 Å². The fourth-order valence-electron chi connectivity index (χ4n) is 1.64. The first kappa shape index (κ1) is 24.6. The first-order valence-electron chi connectivity index (χ1n) is 7.88. The van der Waals surface area contributed by atoms with Crippen molar-refractivity contribution in [3.8, 4) is 0 Å². The fraction of sp³-hybridized carbons (Fsp3) is 0.857. The first-order valence-corrected chi connectivity index (χ1v) is 9.59. The summed E-state index contributed by atoms with van der Waals surface area (Å²) < 4.78 is 1.15. The van der Waals surface area contributed by atoms with Crippen LogP contribution in [0.4, 0.5) is 0 Å². The molecule has 0 aliphatic rings. The maximum absolute atomic E-state index is 5.28. The zero-order valence-corrected chi connectivity index (χ0v) is 16.8. The van der Waals surface area contributed by atoms with Crippen LogP contribution in [-0.2, 0) is 0 Å². The number of nitrogens with one attached hydrogen (secondary N) is 2. The van der Waals surface area contributed by atoms with Gasteiger partial charge in [-0.25, -0.2) is 0 Å². The first-order chi connectivity index (χ1) is 10.5. The molecule has 0 aliphatic carbocycles. The number of hydrogen-bond donors (Lipinski definition) is 6. The van der Waals surface area contributed by atoms with E-state index in [2.05, 4.69) is 35.9 Å². The van der Waals surface area contributed by atoms with Crippen LogP contribution >= 0.6 is 49.7 Å². The molecule has 0 aromatic heterocycles. The summed E-state index contributed by atoms with van der Waals surface area (Å²) in [5.41, 5.74) is 10.6. The number of thiol groups is 2. The lowest BCUT2D eigenvalue weighted by Crippen LogP contribution is -2.18. The molecule has 4 nitrogen and oxygen atoms in total. The molecule has 22 heavy (non-hydrogen) atoms. The molecule has 8 heteroatoms. The van der Waals surface area contributed by atoms with Crippen LogP contribution in [0, 0.1) is 0 Å². The van der Waals surface area contributed by atoms with Crippen molar-refractivity contribution in [3.05, 3.63) is 0 Å². The van der Waals surface area contributed by atoms with E-state index in [1.54, 1.807) is 0 Å². The molecule has 0 radical (unpaired) electrons. The molecule has 0 saturated heterocycles. The Morgan fingerprint density at radius 3 is 1.23 bits per heavy atom. The maximum Gasteiger partial charge on any atom is 0.130 e. The van der Waals surface area contributed by atoms with Gasteiger partial charge < -0.3 is 22.1 Å². The molecule has 0 atom stereocenters. The van der Waals surface area contributed by atoms with E-state index in [0.29, 0.717) is 8.64 Å². The van der Waals surface area contributed by atoms with Crippen molar-refractivity contribution >= 4 is 58.3 Å². The third-order valence-electron chi connectivity index (χ3n) is 2.81. The Hall–Kier alpha value is 0.400. The highest BCUT2D eigenvalue weighted by atomic mass is 32.1. The van der Waals surface area contributed by atoms with Gasteiger partial charge in [0.1, 0.15) is 8.64 Å². The van der Waals surface area contributed by atoms with Crippen LogP contribution in [0.3, 0.4) is 0 Å². The van der Waals surface area contributed by atoms with Crippen LogP contribution in [0.5, 0.6) is 0 Å². The fourth-order valence-corrected chi connectivity index (χ4v) is 2.06. The third kappa shape index (κ3) is 28.5. The second kappa shape index (κ2) is 21.4. The Balaban J connectivity index is 0. The van der Waals surface area contributed by atoms with Gasteiger partial charge in [-0.1, -0.05) is 50.1 Å². The highest BCUT2D eigenvalue weighted by Crippen LogP contribution is 1.98. The summed E-state index contributed by atoms with van der Waals surface area (Å²) >= 11 is 17.5. The second-order valence-electron chi connectivity index (χ2n) is 4.87. The van der Waals surface area contributed by atoms with Crippen molar-refractivity contribution in [3.63, 3.8) is 0 Å². The lowest BCUT2D eigenvalue weighted by Gasteiger charge is -2.04. The Kier molecular flexibility index (Phi) is 24.0. The molecule has 6 N–H and O–H groups in total. The number of nitrogens with two attached hydrogens (primary N) is 2. The molecular formula is C14H32N4S4. The summed E-state index contributed by atoms with van der Waals surface area (Å²) in [5.74, 6) is 0. The van der Waals surface area contributed by atoms with Gasteiger partial charge in [0.15, 0.2) is 0 Å². The minimum atomic E-state index is 0.576. The minimum absolute atomic E-state index is 0.576. The second-order valence-corrected chi connectivity index (χ2v) is 7.19. The molecule has 0 fully saturated rings. The van der Waals surface area contributed by atoms with Gasteiger partial charge in [-0.3, -0.25) is 0 Å². The highest BCUT2D eigenvalue weighted by Gasteiger charge is 1.91. The van der Waals surface area contributed by atoms with E-state index in [9.17, 15) is 0 Å². The van der Waals surface area contributed by atoms with Gasteiger partial charge in [-0.15, -0.1) is 25.3 Å². The number of thiocarbonyl (C=S) groups is 2. The van der Waals surface area contributed by atoms with Crippen LogP contribution in [0.1, 0.15) is 51.4 Å². The average Bonchev–Trinajstić information content (AvgIpc) is 2.46. The van der Waals surface area contributed by atoms with Crippen molar-refractivity contribution in [1.82, 2.24) is 10.6 Å². The summed E-state index contributed by atoms with van der Waals surface area (Å²) in [5, 5.41) is 6.00. The van der Waals surface area contributed by atoms with Crippen LogP contribution in [0.25, 0.3) is 0 Å². The van der Waals surface area contributed by atoms with E-state index in [1.165, 1.54) is 25.7 Å². The van der Waals surface area contributed by atoms with E-state index in [1.807, 2.05) is 0 Å². The standard InChI is InChI=1S/C8H16N2S4.C6H16N2/c11-7(12)9-5-3-1-2-4-6-10-8(13)14;7-5-3-1-2-4-6-8/h1-6H2,(H2,9,11,12)(H2,10,13,14);1-8H2. The monoisotopic (exact) mass is 384 g/mol. The van der Waals surface area contributed by atoms with E-state index >= 15 is 0 Å². The molecule has 0 aromatic carbocycles. The van der Waals surface area contributed by atoms with Crippen molar-refractivity contribution in [2.45, 2.75) is 51.4 Å². The molecule has 0 aliphatic heterocycles. The summed E-state index contributed by atoms with van der Waals surface area (Å²) in [6.45, 7) is 3.48. The van der Waals surface area contributed by atoms with Gasteiger partial charge >= 0.3 is 0 Å². The molecule has 132 valence electrons. The van der Waals surface area contributed by atoms with Crippen molar-refractivity contribution < 1.29 is 0 Å². The quantitative estimate of drug-likeness (QED) is 0.176. The van der Waals surface area contributed by atoms with Crippen molar-refractivity contribution in [2.24, 2.45) is 11.5 Å². The summed E-state index contributed by atoms with van der Waals surface area (Å²) in [4.78, 5) is 0. The molecule has 0 spiro atoms. The molecule has 0 rings (SSSR count). The molecular weight excluding hydrogens is 352 g/mol. The maximum atomic E-state index is 5.28. The third-order valence-corrected chi connectivity index (χ3v) is 3.42. The zero-order chi connectivity index (χ0) is 17.1. The Morgan fingerprint density at radius 2 is 0.955 bits per heavy atom. The Morgan fingerprint density at radius 1 is 0.636 bits per heavy atom. The minimum Gasteiger partial charge on any atom is -0.371 e. The molecule has 0 bridgehead atoms. The predicted molar refractivity (Wildman–Crippen MR) is 114 cm³/mol. The van der Waals surface area contributed by atoms with Crippen molar-refractivity contribution in [2.75, 3.05) is 26.2 Å². The molecule has 0 aromatic rings. The van der Waals surface area contributed by atoms with Crippen LogP contribution < -0.4 is 22.1 Å². The van der Waals surface area contributed by atoms with E-state index in [0.717, 1.165) is 51.9 Å². The number of unbranched alkanes of at least 4 members (excludes halogenated alkanes) is 6. The molecule has 0 heterocycles. The molecule has 0 unspecified atom stereocenters. The van der Waals surface area contributed by atoms with E-state index < -0.39 is 0 Å². The largest absolute Gasteiger partial charge is 0.371 e. The summed E-state index contributed by atoms with van der Waals surface area (Å²) in [6, 6.07) is 0. The van der Waals surface area contributed by atoms with E-state index in [4.69, 9.17) is 35.9 Å². The normalized spacial score (nSPS) is 9.64. The Labute approximate surface area is 157 Å². The average molecular weight is 385 g/mol. The number of rotatable bonds is 12. The van der Waals surface area contributed by atoms with Gasteiger partial charge in [-0.05, 0) is 38.8 Å². The summed E-state index contributed by atoms with van der Waals surface area (Å²) in [7, 11) is 0. The smallest absolute Gasteiger partial charge is 0.130 e. The molecule has 0 saturated carbocycles. The lowest BCUT2D eigenvalue weighted by atomic mass is 10.2. The van der Waals surface area contributed by atoms with Gasteiger partial charge in [-0.2, -0.15) is 0 Å². The highest BCUT2D eigenvalue weighted by molar-refractivity contribution is 8.11. The topological polar surface area (TPSA) is 76.1 Å². The lowest BCUT2D eigenvalue weighted by molar-refractivity contribution is 0.628. The molecule has 0 amide bonds. The van der Waals surface area contributed by atoms with Gasteiger partial charge in [0.25, 0.3) is 0 Å². The van der Waals surface area contributed by atoms with Crippen LogP contribution in [-0.4, -0.2) is 34.8 Å². The number of hydrogen-bond acceptors (Lipinski definition) is 4. The van der Waals surface area contributed by atoms with Gasteiger partial charge in [0.05, 0.1) is 0 Å². The zero-order valence-electron chi connectivity index (χ0n) is 13.4. The predicted octanol–water partition coefficient (Wildman–Crippen LogP) is 2.62. The van der Waals surface area contributed by atoms with E-state index in [-0.39, 0.29) is 0 Å². The van der Waals surface area contributed by atoms with Gasteiger partial charge in [0, 0.05) is 13.1 Å². The summed E-state index contributed by atoms with van der Waals surface area (Å²) in [6.07, 6.45) is 9.45.